The van der Waals surface area contributed by atoms with Crippen molar-refractivity contribution in [1.82, 2.24) is 9.38 Å². The minimum Gasteiger partial charge on any atom is -0.294 e. The summed E-state index contributed by atoms with van der Waals surface area (Å²) < 4.78 is 39.6. The van der Waals surface area contributed by atoms with Crippen LogP contribution in [0.3, 0.4) is 0 Å². The molecule has 1 aromatic carbocycles. The summed E-state index contributed by atoms with van der Waals surface area (Å²) in [6.45, 7) is 2.04. The number of hydrogen-bond acceptors (Lipinski definition) is 4. The number of carbonyl (C=O) groups is 1. The molecular weight excluding hydrogens is 431 g/mol. The number of halogens is 3. The quantitative estimate of drug-likeness (QED) is 0.418. The van der Waals surface area contributed by atoms with Gasteiger partial charge in [0.15, 0.2) is 5.82 Å². The third-order valence-electron chi connectivity index (χ3n) is 4.87. The van der Waals surface area contributed by atoms with Crippen LogP contribution in [0.15, 0.2) is 52.5 Å². The van der Waals surface area contributed by atoms with Gasteiger partial charge in [0.2, 0.25) is 0 Å². The highest BCUT2D eigenvalue weighted by atomic mass is 32.2. The van der Waals surface area contributed by atoms with Crippen LogP contribution in [0.5, 0.6) is 0 Å². The third-order valence-corrected chi connectivity index (χ3v) is 6.55. The molecule has 1 aliphatic rings. The maximum atomic E-state index is 13.0. The Balaban J connectivity index is 1.63. The number of rotatable bonds is 6. The van der Waals surface area contributed by atoms with Gasteiger partial charge in [0.1, 0.15) is 10.7 Å². The Bertz CT molecular complexity index is 1080. The molecule has 1 saturated carbocycles. The van der Waals surface area contributed by atoms with Crippen molar-refractivity contribution in [2.45, 2.75) is 41.1 Å². The van der Waals surface area contributed by atoms with Gasteiger partial charge in [-0.05, 0) is 72.2 Å². The average Bonchev–Trinajstić information content (AvgIpc) is 3.49. The van der Waals surface area contributed by atoms with Gasteiger partial charge in [-0.25, -0.2) is 4.98 Å². The fourth-order valence-corrected chi connectivity index (χ4v) is 4.67. The summed E-state index contributed by atoms with van der Waals surface area (Å²) in [5, 5.41) is 0.884. The number of thioether (sulfide) groups is 2. The fourth-order valence-electron chi connectivity index (χ4n) is 3.26. The molecule has 0 N–H and O–H groups in total. The van der Waals surface area contributed by atoms with Gasteiger partial charge in [-0.15, -0.1) is 11.8 Å². The molecule has 0 saturated heterocycles. The smallest absolute Gasteiger partial charge is 0.294 e. The first kappa shape index (κ1) is 21.1. The van der Waals surface area contributed by atoms with Crippen LogP contribution in [0.2, 0.25) is 0 Å². The summed E-state index contributed by atoms with van der Waals surface area (Å²) in [5.41, 5.74) is -2.00. The van der Waals surface area contributed by atoms with E-state index in [2.05, 4.69) is 17.2 Å². The van der Waals surface area contributed by atoms with Crippen molar-refractivity contribution in [3.8, 4) is 0 Å². The molecule has 2 aromatic heterocycles. The maximum Gasteiger partial charge on any atom is 0.446 e. The Hall–Kier alpha value is -2.13. The standard InChI is InChI=1S/C21H20F3N3OS2/c1-3-29-20-18(25-17-11-8-15(12-27(17)20)13-4-5-13)26(2)19(28)14-6-9-16(10-7-14)30-21(22,23)24/h6-13H,3-5H2,1-2H3. The van der Waals surface area contributed by atoms with Crippen LogP contribution in [0.1, 0.15) is 41.6 Å². The summed E-state index contributed by atoms with van der Waals surface area (Å²) >= 11 is 1.41. The van der Waals surface area contributed by atoms with Crippen molar-refractivity contribution in [1.29, 1.82) is 0 Å². The lowest BCUT2D eigenvalue weighted by molar-refractivity contribution is -0.0328. The van der Waals surface area contributed by atoms with E-state index in [0.29, 0.717) is 17.3 Å². The van der Waals surface area contributed by atoms with Gasteiger partial charge >= 0.3 is 5.51 Å². The van der Waals surface area contributed by atoms with Gasteiger partial charge in [0.25, 0.3) is 5.91 Å². The topological polar surface area (TPSA) is 37.6 Å². The van der Waals surface area contributed by atoms with Gasteiger partial charge in [0, 0.05) is 23.7 Å². The zero-order valence-electron chi connectivity index (χ0n) is 16.4. The normalized spacial score (nSPS) is 14.3. The number of nitrogens with zero attached hydrogens (tertiary/aromatic N) is 3. The molecule has 30 heavy (non-hydrogen) atoms. The number of fused-ring (bicyclic) bond motifs is 1. The van der Waals surface area contributed by atoms with Crippen LogP contribution in [-0.4, -0.2) is 33.6 Å². The molecule has 0 unspecified atom stereocenters. The predicted molar refractivity (Wildman–Crippen MR) is 115 cm³/mol. The Morgan fingerprint density at radius 2 is 1.90 bits per heavy atom. The van der Waals surface area contributed by atoms with E-state index in [0.717, 1.165) is 16.4 Å². The van der Waals surface area contributed by atoms with Crippen molar-refractivity contribution < 1.29 is 18.0 Å². The zero-order chi connectivity index (χ0) is 21.5. The van der Waals surface area contributed by atoms with E-state index in [1.54, 1.807) is 18.8 Å². The third kappa shape index (κ3) is 4.46. The number of anilines is 1. The maximum absolute atomic E-state index is 13.0. The lowest BCUT2D eigenvalue weighted by Crippen LogP contribution is -2.27. The van der Waals surface area contributed by atoms with E-state index in [4.69, 9.17) is 0 Å². The molecule has 158 valence electrons. The van der Waals surface area contributed by atoms with E-state index in [-0.39, 0.29) is 22.6 Å². The van der Waals surface area contributed by atoms with Gasteiger partial charge in [0.05, 0.1) is 0 Å². The second kappa shape index (κ2) is 8.19. The number of imidazole rings is 1. The van der Waals surface area contributed by atoms with Gasteiger partial charge in [-0.3, -0.25) is 14.1 Å². The molecule has 1 fully saturated rings. The monoisotopic (exact) mass is 451 g/mol. The van der Waals surface area contributed by atoms with Crippen LogP contribution in [0, 0.1) is 0 Å². The first-order valence-electron chi connectivity index (χ1n) is 9.55. The number of hydrogen-bond donors (Lipinski definition) is 0. The summed E-state index contributed by atoms with van der Waals surface area (Å²) in [6.07, 6.45) is 4.50. The van der Waals surface area contributed by atoms with Crippen LogP contribution in [0.25, 0.3) is 5.65 Å². The highest BCUT2D eigenvalue weighted by Gasteiger charge is 2.29. The SMILES string of the molecule is CCSc1c(N(C)C(=O)c2ccc(SC(F)(F)F)cc2)nc2ccc(C3CC3)cn12. The summed E-state index contributed by atoms with van der Waals surface area (Å²) in [7, 11) is 1.64. The largest absolute Gasteiger partial charge is 0.446 e. The molecule has 2 heterocycles. The zero-order valence-corrected chi connectivity index (χ0v) is 18.1. The second-order valence-electron chi connectivity index (χ2n) is 7.07. The number of carbonyl (C=O) groups excluding carboxylic acids is 1. The predicted octanol–water partition coefficient (Wildman–Crippen LogP) is 6.21. The number of benzene rings is 1. The van der Waals surface area contributed by atoms with E-state index in [9.17, 15) is 18.0 Å². The van der Waals surface area contributed by atoms with E-state index < -0.39 is 5.51 Å². The van der Waals surface area contributed by atoms with Crippen molar-refractivity contribution in [3.63, 3.8) is 0 Å². The van der Waals surface area contributed by atoms with E-state index in [1.165, 1.54) is 47.6 Å². The molecule has 0 spiro atoms. The average molecular weight is 452 g/mol. The van der Waals surface area contributed by atoms with E-state index >= 15 is 0 Å². The van der Waals surface area contributed by atoms with E-state index in [1.807, 2.05) is 17.4 Å². The van der Waals surface area contributed by atoms with Crippen molar-refractivity contribution >= 4 is 40.9 Å². The molecular formula is C21H20F3N3OS2. The van der Waals surface area contributed by atoms with Crippen LogP contribution >= 0.6 is 23.5 Å². The lowest BCUT2D eigenvalue weighted by Gasteiger charge is -2.16. The lowest BCUT2D eigenvalue weighted by atomic mass is 10.2. The van der Waals surface area contributed by atoms with Crippen LogP contribution in [0.4, 0.5) is 19.0 Å². The van der Waals surface area contributed by atoms with Crippen LogP contribution in [-0.2, 0) is 0 Å². The van der Waals surface area contributed by atoms with Crippen molar-refractivity contribution in [2.75, 3.05) is 17.7 Å². The number of amides is 1. The van der Waals surface area contributed by atoms with Gasteiger partial charge < -0.3 is 0 Å². The minimum atomic E-state index is -4.36. The molecule has 9 heteroatoms. The highest BCUT2D eigenvalue weighted by molar-refractivity contribution is 8.00. The fraction of sp³-hybridized carbons (Fsp3) is 0.333. The van der Waals surface area contributed by atoms with Gasteiger partial charge in [-0.2, -0.15) is 13.2 Å². The highest BCUT2D eigenvalue weighted by Crippen LogP contribution is 2.41. The molecule has 0 bridgehead atoms. The molecule has 0 aliphatic heterocycles. The summed E-state index contributed by atoms with van der Waals surface area (Å²) in [4.78, 5) is 19.2. The van der Waals surface area contributed by atoms with Gasteiger partial charge in [-0.1, -0.05) is 13.0 Å². The molecule has 0 atom stereocenters. The molecule has 1 amide bonds. The van der Waals surface area contributed by atoms with Crippen molar-refractivity contribution in [3.05, 3.63) is 53.7 Å². The first-order chi connectivity index (χ1) is 14.3. The molecule has 4 rings (SSSR count). The number of pyridine rings is 1. The second-order valence-corrected chi connectivity index (χ2v) is 9.47. The molecule has 0 radical (unpaired) electrons. The summed E-state index contributed by atoms with van der Waals surface area (Å²) in [5.74, 6) is 1.66. The molecule has 1 aliphatic carbocycles. The Kier molecular flexibility index (Phi) is 5.76. The number of aromatic nitrogens is 2. The number of alkyl halides is 3. The minimum absolute atomic E-state index is 0.0456. The Morgan fingerprint density at radius 3 is 2.50 bits per heavy atom. The van der Waals surface area contributed by atoms with Crippen molar-refractivity contribution in [2.24, 2.45) is 0 Å². The summed E-state index contributed by atoms with van der Waals surface area (Å²) in [6, 6.07) is 9.52. The molecule has 3 aromatic rings. The Labute approximate surface area is 180 Å². The Morgan fingerprint density at radius 1 is 1.20 bits per heavy atom. The first-order valence-corrected chi connectivity index (χ1v) is 11.4. The molecule has 4 nitrogen and oxygen atoms in total. The van der Waals surface area contributed by atoms with Crippen LogP contribution < -0.4 is 4.90 Å².